The van der Waals surface area contributed by atoms with Crippen molar-refractivity contribution in [1.82, 2.24) is 10.2 Å². The van der Waals surface area contributed by atoms with E-state index in [1.54, 1.807) is 11.0 Å². The zero-order valence-corrected chi connectivity index (χ0v) is 10.4. The first kappa shape index (κ1) is 11.7. The van der Waals surface area contributed by atoms with Gasteiger partial charge in [-0.05, 0) is 24.1 Å². The van der Waals surface area contributed by atoms with E-state index in [4.69, 9.17) is 5.73 Å². The van der Waals surface area contributed by atoms with Crippen molar-refractivity contribution in [2.24, 2.45) is 0 Å². The van der Waals surface area contributed by atoms with Crippen molar-refractivity contribution >= 4 is 17.4 Å². The van der Waals surface area contributed by atoms with Crippen molar-refractivity contribution in [2.45, 2.75) is 13.3 Å². The van der Waals surface area contributed by atoms with Crippen molar-refractivity contribution in [2.75, 3.05) is 17.2 Å². The highest BCUT2D eigenvalue weighted by atomic mass is 19.1. The van der Waals surface area contributed by atoms with Crippen LogP contribution in [0.15, 0.2) is 18.3 Å². The van der Waals surface area contributed by atoms with Crippen LogP contribution >= 0.6 is 0 Å². The Morgan fingerprint density at radius 3 is 2.89 bits per heavy atom. The molecular formula is C13H13FN4O. The third-order valence-corrected chi connectivity index (χ3v) is 3.40. The first-order chi connectivity index (χ1) is 9.08. The Morgan fingerprint density at radius 2 is 2.26 bits per heavy atom. The second kappa shape index (κ2) is 4.08. The van der Waals surface area contributed by atoms with Crippen molar-refractivity contribution in [1.29, 1.82) is 0 Å². The second-order valence-corrected chi connectivity index (χ2v) is 4.58. The minimum absolute atomic E-state index is 0.0753. The lowest BCUT2D eigenvalue weighted by Crippen LogP contribution is -2.25. The summed E-state index contributed by atoms with van der Waals surface area (Å²) in [5, 5.41) is 6.38. The number of carbonyl (C=O) groups is 1. The van der Waals surface area contributed by atoms with Crippen LogP contribution in [0.1, 0.15) is 12.5 Å². The third-order valence-electron chi connectivity index (χ3n) is 3.40. The summed E-state index contributed by atoms with van der Waals surface area (Å²) in [7, 11) is 0. The number of nitrogen functional groups attached to an aromatic ring is 1. The molecule has 0 saturated carbocycles. The molecule has 1 amide bonds. The maximum Gasteiger partial charge on any atom is 0.223 e. The molecule has 19 heavy (non-hydrogen) atoms. The predicted molar refractivity (Wildman–Crippen MR) is 70.1 cm³/mol. The molecule has 2 heterocycles. The molecule has 1 aromatic heterocycles. The number of rotatable bonds is 1. The number of halogens is 1. The number of aromatic amines is 1. The molecule has 0 bridgehead atoms. The number of anilines is 2. The third kappa shape index (κ3) is 1.76. The molecule has 1 aliphatic rings. The van der Waals surface area contributed by atoms with Gasteiger partial charge < -0.3 is 10.6 Å². The zero-order chi connectivity index (χ0) is 13.6. The molecular weight excluding hydrogens is 247 g/mol. The molecule has 1 aromatic carbocycles. The number of carbonyl (C=O) groups excluding carboxylic acids is 1. The van der Waals surface area contributed by atoms with Gasteiger partial charge >= 0.3 is 0 Å². The number of nitrogens with one attached hydrogen (secondary N) is 1. The van der Waals surface area contributed by atoms with Crippen molar-refractivity contribution in [3.63, 3.8) is 0 Å². The van der Waals surface area contributed by atoms with E-state index in [0.29, 0.717) is 29.2 Å². The smallest absolute Gasteiger partial charge is 0.223 e. The Bertz CT molecular complexity index is 665. The topological polar surface area (TPSA) is 75.0 Å². The van der Waals surface area contributed by atoms with Crippen molar-refractivity contribution < 1.29 is 9.18 Å². The molecule has 5 nitrogen and oxygen atoms in total. The van der Waals surface area contributed by atoms with Gasteiger partial charge in [0.05, 0.1) is 6.20 Å². The summed E-state index contributed by atoms with van der Waals surface area (Å²) in [5.74, 6) is -0.144. The van der Waals surface area contributed by atoms with Gasteiger partial charge in [0.2, 0.25) is 5.91 Å². The van der Waals surface area contributed by atoms with E-state index in [9.17, 15) is 9.18 Å². The van der Waals surface area contributed by atoms with Crippen molar-refractivity contribution in [3.8, 4) is 11.1 Å². The summed E-state index contributed by atoms with van der Waals surface area (Å²) in [4.78, 5) is 13.0. The number of amides is 1. The van der Waals surface area contributed by atoms with E-state index >= 15 is 0 Å². The Balaban J connectivity index is 2.12. The van der Waals surface area contributed by atoms with Crippen LogP contribution in [0.5, 0.6) is 0 Å². The fourth-order valence-electron chi connectivity index (χ4n) is 2.46. The number of aromatic nitrogens is 2. The normalized spacial score (nSPS) is 13.7. The highest BCUT2D eigenvalue weighted by Gasteiger charge is 2.25. The van der Waals surface area contributed by atoms with Crippen molar-refractivity contribution in [3.05, 3.63) is 29.7 Å². The van der Waals surface area contributed by atoms with E-state index in [2.05, 4.69) is 10.2 Å². The average molecular weight is 260 g/mol. The van der Waals surface area contributed by atoms with E-state index in [-0.39, 0.29) is 5.91 Å². The maximum absolute atomic E-state index is 14.2. The quantitative estimate of drug-likeness (QED) is 0.819. The minimum atomic E-state index is -0.403. The largest absolute Gasteiger partial charge is 0.384 e. The summed E-state index contributed by atoms with van der Waals surface area (Å²) >= 11 is 0. The first-order valence-electron chi connectivity index (χ1n) is 5.97. The molecule has 6 heteroatoms. The van der Waals surface area contributed by atoms with Gasteiger partial charge in [0.1, 0.15) is 11.6 Å². The molecule has 1 aliphatic heterocycles. The number of hydrogen-bond acceptors (Lipinski definition) is 3. The molecule has 0 unspecified atom stereocenters. The van der Waals surface area contributed by atoms with Crippen LogP contribution in [0.3, 0.4) is 0 Å². The number of nitrogens with zero attached hydrogens (tertiary/aromatic N) is 2. The van der Waals surface area contributed by atoms with Gasteiger partial charge in [-0.25, -0.2) is 4.39 Å². The molecule has 0 aliphatic carbocycles. The molecule has 0 atom stereocenters. The van der Waals surface area contributed by atoms with Gasteiger partial charge in [0, 0.05) is 30.3 Å². The first-order valence-corrected chi connectivity index (χ1v) is 5.97. The SMILES string of the molecule is CC(=O)N1CCc2cc(-c3cn[nH]c3N)c(F)cc21. The Kier molecular flexibility index (Phi) is 2.51. The summed E-state index contributed by atoms with van der Waals surface area (Å²) in [6.07, 6.45) is 2.22. The fourth-order valence-corrected chi connectivity index (χ4v) is 2.46. The highest BCUT2D eigenvalue weighted by Crippen LogP contribution is 2.35. The molecule has 0 saturated heterocycles. The Hall–Kier alpha value is -2.37. The number of benzene rings is 1. The fraction of sp³-hybridized carbons (Fsp3) is 0.231. The molecule has 3 N–H and O–H groups in total. The predicted octanol–water partition coefficient (Wildman–Crippen LogP) is 1.71. The number of hydrogen-bond donors (Lipinski definition) is 2. The standard InChI is InChI=1S/C13H13FN4O/c1-7(19)18-3-2-8-4-9(11(14)5-12(8)18)10-6-16-17-13(10)15/h4-6H,2-3H2,1H3,(H3,15,16,17). The zero-order valence-electron chi connectivity index (χ0n) is 10.4. The summed E-state index contributed by atoms with van der Waals surface area (Å²) in [6, 6.07) is 3.14. The Morgan fingerprint density at radius 1 is 1.47 bits per heavy atom. The molecule has 98 valence electrons. The van der Waals surface area contributed by atoms with E-state index in [1.807, 2.05) is 0 Å². The monoisotopic (exact) mass is 260 g/mol. The van der Waals surface area contributed by atoms with Gasteiger partial charge in [-0.2, -0.15) is 5.10 Å². The summed E-state index contributed by atoms with van der Waals surface area (Å²) in [5.41, 5.74) is 8.27. The summed E-state index contributed by atoms with van der Waals surface area (Å²) < 4.78 is 14.2. The summed E-state index contributed by atoms with van der Waals surface area (Å²) in [6.45, 7) is 2.07. The van der Waals surface area contributed by atoms with Crippen LogP contribution in [0.4, 0.5) is 15.9 Å². The van der Waals surface area contributed by atoms with Gasteiger partial charge in [-0.15, -0.1) is 0 Å². The number of H-pyrrole nitrogens is 1. The van der Waals surface area contributed by atoms with Gasteiger partial charge in [-0.3, -0.25) is 9.89 Å². The highest BCUT2D eigenvalue weighted by molar-refractivity contribution is 5.94. The Labute approximate surface area is 109 Å². The van der Waals surface area contributed by atoms with Gasteiger partial charge in [0.25, 0.3) is 0 Å². The number of nitrogens with two attached hydrogens (primary N) is 1. The van der Waals surface area contributed by atoms with E-state index < -0.39 is 5.82 Å². The van der Waals surface area contributed by atoms with Crippen LogP contribution in [-0.4, -0.2) is 22.6 Å². The van der Waals surface area contributed by atoms with Gasteiger partial charge in [-0.1, -0.05) is 0 Å². The molecule has 0 radical (unpaired) electrons. The lowest BCUT2D eigenvalue weighted by molar-refractivity contribution is -0.116. The molecule has 0 fully saturated rings. The van der Waals surface area contributed by atoms with E-state index in [0.717, 1.165) is 12.0 Å². The van der Waals surface area contributed by atoms with Gasteiger partial charge in [0.15, 0.2) is 0 Å². The molecule has 2 aromatic rings. The molecule has 3 rings (SSSR count). The van der Waals surface area contributed by atoms with Crippen LogP contribution in [-0.2, 0) is 11.2 Å². The number of fused-ring (bicyclic) bond motifs is 1. The lowest BCUT2D eigenvalue weighted by Gasteiger charge is -2.15. The van der Waals surface area contributed by atoms with Crippen LogP contribution in [0, 0.1) is 5.82 Å². The maximum atomic E-state index is 14.2. The lowest BCUT2D eigenvalue weighted by atomic mass is 10.0. The van der Waals surface area contributed by atoms with E-state index in [1.165, 1.54) is 19.2 Å². The molecule has 0 spiro atoms. The van der Waals surface area contributed by atoms with Crippen LogP contribution in [0.25, 0.3) is 11.1 Å². The average Bonchev–Trinajstić information content (AvgIpc) is 2.94. The van der Waals surface area contributed by atoms with Crippen LogP contribution in [0.2, 0.25) is 0 Å². The second-order valence-electron chi connectivity index (χ2n) is 4.58. The van der Waals surface area contributed by atoms with Crippen LogP contribution < -0.4 is 10.6 Å². The minimum Gasteiger partial charge on any atom is -0.384 e.